The molecule has 0 aliphatic carbocycles. The summed E-state index contributed by atoms with van der Waals surface area (Å²) in [5.74, 6) is 0. The second kappa shape index (κ2) is 9.54. The predicted molar refractivity (Wildman–Crippen MR) is 203 cm³/mol. The molecule has 9 rings (SSSR count). The SMILES string of the molecule is CC(C)(C)c1cc2c3c(c1)Sc1c(ccc4oc5c(C(C)(C)C)cccc5c14)B3c1ccc3oc4c(C(C)(C)C)cccc4c3c1S2. The van der Waals surface area contributed by atoms with Crippen LogP contribution in [-0.2, 0) is 16.2 Å². The molecule has 2 nitrogen and oxygen atoms in total. The first-order valence-corrected chi connectivity index (χ1v) is 18.3. The van der Waals surface area contributed by atoms with Gasteiger partial charge in [0.25, 0.3) is 0 Å². The van der Waals surface area contributed by atoms with E-state index < -0.39 is 0 Å². The van der Waals surface area contributed by atoms with Crippen molar-refractivity contribution in [2.45, 2.75) is 98.1 Å². The summed E-state index contributed by atoms with van der Waals surface area (Å²) in [6, 6.07) is 27.4. The minimum Gasteiger partial charge on any atom is -0.456 e. The quantitative estimate of drug-likeness (QED) is 0.153. The molecule has 234 valence electrons. The Morgan fingerprint density at radius 2 is 0.979 bits per heavy atom. The van der Waals surface area contributed by atoms with Crippen LogP contribution >= 0.6 is 23.5 Å². The zero-order chi connectivity index (χ0) is 32.8. The highest BCUT2D eigenvalue weighted by molar-refractivity contribution is 8.01. The lowest BCUT2D eigenvalue weighted by Gasteiger charge is -2.35. The molecule has 2 aliphatic heterocycles. The third-order valence-corrected chi connectivity index (χ3v) is 12.6. The Bertz CT molecular complexity index is 2310. The number of fused-ring (bicyclic) bond motifs is 12. The van der Waals surface area contributed by atoms with Crippen LogP contribution in [0.15, 0.2) is 101 Å². The van der Waals surface area contributed by atoms with Gasteiger partial charge in [0.1, 0.15) is 22.3 Å². The molecule has 0 amide bonds. The molecule has 0 N–H and O–H groups in total. The van der Waals surface area contributed by atoms with Gasteiger partial charge in [-0.1, -0.05) is 145 Å². The van der Waals surface area contributed by atoms with Crippen LogP contribution in [0.4, 0.5) is 0 Å². The van der Waals surface area contributed by atoms with Crippen molar-refractivity contribution < 1.29 is 8.83 Å². The molecule has 0 bridgehead atoms. The fourth-order valence-electron chi connectivity index (χ4n) is 7.79. The van der Waals surface area contributed by atoms with E-state index in [1.165, 1.54) is 74.2 Å². The van der Waals surface area contributed by atoms with Gasteiger partial charge >= 0.3 is 0 Å². The van der Waals surface area contributed by atoms with Crippen LogP contribution in [0.3, 0.4) is 0 Å². The summed E-state index contributed by atoms with van der Waals surface area (Å²) >= 11 is 3.88. The maximum absolute atomic E-state index is 6.72. The third kappa shape index (κ3) is 4.21. The molecule has 5 aromatic carbocycles. The van der Waals surface area contributed by atoms with Gasteiger partial charge in [0.2, 0.25) is 6.71 Å². The van der Waals surface area contributed by atoms with Crippen molar-refractivity contribution in [2.75, 3.05) is 0 Å². The van der Waals surface area contributed by atoms with E-state index in [4.69, 9.17) is 8.83 Å². The summed E-state index contributed by atoms with van der Waals surface area (Å²) in [5, 5.41) is 4.91. The molecule has 0 radical (unpaired) electrons. The molecule has 5 heteroatoms. The number of hydrogen-bond acceptors (Lipinski definition) is 4. The Balaban J connectivity index is 1.38. The van der Waals surface area contributed by atoms with Gasteiger partial charge < -0.3 is 8.83 Å². The number of rotatable bonds is 0. The first kappa shape index (κ1) is 29.6. The van der Waals surface area contributed by atoms with Crippen molar-refractivity contribution in [3.05, 3.63) is 89.5 Å². The largest absolute Gasteiger partial charge is 0.456 e. The number of furan rings is 2. The Morgan fingerprint density at radius 1 is 0.532 bits per heavy atom. The maximum Gasteiger partial charge on any atom is 0.247 e. The predicted octanol–water partition coefficient (Wildman–Crippen LogP) is 10.8. The van der Waals surface area contributed by atoms with Gasteiger partial charge in [-0.3, -0.25) is 0 Å². The highest BCUT2D eigenvalue weighted by atomic mass is 32.2. The molecule has 0 unspecified atom stereocenters. The lowest BCUT2D eigenvalue weighted by molar-refractivity contribution is 0.572. The number of hydrogen-bond donors (Lipinski definition) is 0. The highest BCUT2D eigenvalue weighted by Gasteiger charge is 2.41. The number of benzene rings is 5. The molecule has 7 aromatic rings. The van der Waals surface area contributed by atoms with Gasteiger partial charge in [0.15, 0.2) is 0 Å². The molecule has 47 heavy (non-hydrogen) atoms. The molecule has 0 spiro atoms. The smallest absolute Gasteiger partial charge is 0.247 e. The summed E-state index contributed by atoms with van der Waals surface area (Å²) in [6.45, 7) is 20.7. The maximum atomic E-state index is 6.72. The van der Waals surface area contributed by atoms with Crippen molar-refractivity contribution >= 4 is 90.5 Å². The Hall–Kier alpha value is -3.54. The molecule has 2 aromatic heterocycles. The molecule has 0 fully saturated rings. The Labute approximate surface area is 285 Å². The second-order valence-corrected chi connectivity index (χ2v) is 18.7. The van der Waals surface area contributed by atoms with Crippen molar-refractivity contribution in [1.29, 1.82) is 0 Å². The van der Waals surface area contributed by atoms with Crippen LogP contribution < -0.4 is 16.4 Å². The molecular formula is C42H39BO2S2. The normalized spacial score (nSPS) is 14.7. The van der Waals surface area contributed by atoms with Gasteiger partial charge in [0, 0.05) is 52.3 Å². The summed E-state index contributed by atoms with van der Waals surface area (Å²) in [6.07, 6.45) is 0. The van der Waals surface area contributed by atoms with Crippen molar-refractivity contribution in [3.63, 3.8) is 0 Å². The first-order valence-electron chi connectivity index (χ1n) is 16.7. The summed E-state index contributed by atoms with van der Waals surface area (Å²) in [7, 11) is 0. The van der Waals surface area contributed by atoms with E-state index in [1.54, 1.807) is 0 Å². The van der Waals surface area contributed by atoms with Gasteiger partial charge in [-0.25, -0.2) is 0 Å². The Morgan fingerprint density at radius 3 is 1.38 bits per heavy atom. The minimum atomic E-state index is -0.0190. The zero-order valence-corrected chi connectivity index (χ0v) is 30.3. The van der Waals surface area contributed by atoms with Crippen LogP contribution in [0.1, 0.15) is 79.0 Å². The lowest BCUT2D eigenvalue weighted by atomic mass is 9.36. The molecular weight excluding hydrogens is 611 g/mol. The van der Waals surface area contributed by atoms with E-state index in [0.717, 1.165) is 22.3 Å². The van der Waals surface area contributed by atoms with Crippen LogP contribution in [0, 0.1) is 0 Å². The fourth-order valence-corrected chi connectivity index (χ4v) is 10.6. The topological polar surface area (TPSA) is 26.3 Å². The molecule has 0 atom stereocenters. The summed E-state index contributed by atoms with van der Waals surface area (Å²) in [5.41, 5.74) is 12.0. The lowest BCUT2D eigenvalue weighted by Crippen LogP contribution is -2.58. The van der Waals surface area contributed by atoms with Gasteiger partial charge in [-0.15, -0.1) is 0 Å². The van der Waals surface area contributed by atoms with Gasteiger partial charge in [0.05, 0.1) is 0 Å². The molecule has 4 heterocycles. The van der Waals surface area contributed by atoms with Crippen molar-refractivity contribution in [3.8, 4) is 0 Å². The summed E-state index contributed by atoms with van der Waals surface area (Å²) in [4.78, 5) is 5.38. The van der Waals surface area contributed by atoms with Crippen LogP contribution in [-0.4, -0.2) is 6.71 Å². The van der Waals surface area contributed by atoms with Crippen molar-refractivity contribution in [1.82, 2.24) is 0 Å². The van der Waals surface area contributed by atoms with Gasteiger partial charge in [-0.05, 0) is 51.5 Å². The molecule has 0 saturated carbocycles. The van der Waals surface area contributed by atoms with E-state index in [-0.39, 0.29) is 23.0 Å². The highest BCUT2D eigenvalue weighted by Crippen LogP contribution is 2.48. The second-order valence-electron chi connectivity index (χ2n) is 16.6. The Kier molecular flexibility index (Phi) is 6.01. The van der Waals surface area contributed by atoms with Crippen molar-refractivity contribution in [2.24, 2.45) is 0 Å². The zero-order valence-electron chi connectivity index (χ0n) is 28.6. The monoisotopic (exact) mass is 650 g/mol. The van der Waals surface area contributed by atoms with E-state index in [2.05, 4.69) is 135 Å². The fraction of sp³-hybridized carbons (Fsp3) is 0.286. The third-order valence-electron chi connectivity index (χ3n) is 10.2. The van der Waals surface area contributed by atoms with Crippen LogP contribution in [0.2, 0.25) is 0 Å². The average molecular weight is 651 g/mol. The van der Waals surface area contributed by atoms with Crippen LogP contribution in [0.5, 0.6) is 0 Å². The van der Waals surface area contributed by atoms with Crippen LogP contribution in [0.25, 0.3) is 43.9 Å². The molecule has 2 aliphatic rings. The van der Waals surface area contributed by atoms with E-state index in [1.807, 2.05) is 23.5 Å². The average Bonchev–Trinajstić information content (AvgIpc) is 3.58. The van der Waals surface area contributed by atoms with E-state index in [0.29, 0.717) is 0 Å². The minimum absolute atomic E-state index is 0.0190. The van der Waals surface area contributed by atoms with E-state index in [9.17, 15) is 0 Å². The van der Waals surface area contributed by atoms with Gasteiger partial charge in [-0.2, -0.15) is 0 Å². The first-order chi connectivity index (χ1) is 22.2. The molecule has 0 saturated heterocycles. The number of para-hydroxylation sites is 2. The standard InChI is InChI=1S/C42H39BO2S2/c1-40(2,3)22-20-31-35-32(21-22)47-39-28(17-19-30-34(39)24-13-11-15-26(37(24)45-30)42(7,8)9)43(35)27-16-18-29-33(38(27)46-31)23-12-10-14-25(36(23)44-29)41(4,5)6/h10-21H,1-9H3. The van der Waals surface area contributed by atoms with E-state index >= 15 is 0 Å². The summed E-state index contributed by atoms with van der Waals surface area (Å²) < 4.78 is 13.4.